The van der Waals surface area contributed by atoms with Crippen LogP contribution >= 0.6 is 11.6 Å². The van der Waals surface area contributed by atoms with Crippen LogP contribution < -0.4 is 5.32 Å². The van der Waals surface area contributed by atoms with E-state index in [1.165, 1.54) is 11.1 Å². The van der Waals surface area contributed by atoms with E-state index in [0.717, 1.165) is 25.8 Å². The molecule has 1 aromatic carbocycles. The third-order valence-electron chi connectivity index (χ3n) is 3.57. The zero-order chi connectivity index (χ0) is 14.1. The molecule has 1 N–H and O–H groups in total. The standard InChI is InChI=1S/C16H24ClNO/c1-3-14(10-11-17)12-18-16(19)9-8-15-7-5-4-6-13(15)2/h4-7,14H,3,8-12H2,1-2H3,(H,18,19). The van der Waals surface area contributed by atoms with Gasteiger partial charge < -0.3 is 5.32 Å². The first kappa shape index (κ1) is 16.0. The molecule has 1 unspecified atom stereocenters. The summed E-state index contributed by atoms with van der Waals surface area (Å²) in [6.45, 7) is 4.97. The van der Waals surface area contributed by atoms with E-state index in [2.05, 4.69) is 31.3 Å². The highest BCUT2D eigenvalue weighted by molar-refractivity contribution is 6.17. The summed E-state index contributed by atoms with van der Waals surface area (Å²) < 4.78 is 0. The average molecular weight is 282 g/mol. The predicted molar refractivity (Wildman–Crippen MR) is 81.6 cm³/mol. The first-order chi connectivity index (χ1) is 9.17. The molecule has 19 heavy (non-hydrogen) atoms. The van der Waals surface area contributed by atoms with Gasteiger partial charge in [-0.2, -0.15) is 0 Å². The van der Waals surface area contributed by atoms with Gasteiger partial charge in [0.15, 0.2) is 0 Å². The van der Waals surface area contributed by atoms with Gasteiger partial charge in [-0.3, -0.25) is 4.79 Å². The normalized spacial score (nSPS) is 12.2. The molecule has 0 saturated heterocycles. The Labute approximate surface area is 121 Å². The van der Waals surface area contributed by atoms with Gasteiger partial charge in [-0.15, -0.1) is 11.6 Å². The monoisotopic (exact) mass is 281 g/mol. The smallest absolute Gasteiger partial charge is 0.220 e. The fourth-order valence-electron chi connectivity index (χ4n) is 2.09. The molecule has 0 spiro atoms. The summed E-state index contributed by atoms with van der Waals surface area (Å²) in [7, 11) is 0. The van der Waals surface area contributed by atoms with Gasteiger partial charge in [0, 0.05) is 18.8 Å². The van der Waals surface area contributed by atoms with Crippen LogP contribution in [0.1, 0.15) is 37.3 Å². The minimum absolute atomic E-state index is 0.135. The SMILES string of the molecule is CCC(CCCl)CNC(=O)CCc1ccccc1C. The number of hydrogen-bond acceptors (Lipinski definition) is 1. The van der Waals surface area contributed by atoms with Crippen LogP contribution in [0.25, 0.3) is 0 Å². The maximum Gasteiger partial charge on any atom is 0.220 e. The van der Waals surface area contributed by atoms with E-state index in [0.29, 0.717) is 18.2 Å². The number of nitrogens with one attached hydrogen (secondary N) is 1. The Balaban J connectivity index is 2.30. The molecule has 0 fully saturated rings. The molecule has 0 aliphatic rings. The van der Waals surface area contributed by atoms with Crippen LogP contribution in [0.5, 0.6) is 0 Å². The molecule has 106 valence electrons. The van der Waals surface area contributed by atoms with Gasteiger partial charge in [0.05, 0.1) is 0 Å². The molecule has 1 atom stereocenters. The average Bonchev–Trinajstić information content (AvgIpc) is 2.42. The molecule has 3 heteroatoms. The van der Waals surface area contributed by atoms with Crippen molar-refractivity contribution in [3.05, 3.63) is 35.4 Å². The summed E-state index contributed by atoms with van der Waals surface area (Å²) in [5.74, 6) is 1.30. The van der Waals surface area contributed by atoms with E-state index < -0.39 is 0 Å². The van der Waals surface area contributed by atoms with Crippen molar-refractivity contribution in [3.63, 3.8) is 0 Å². The number of aryl methyl sites for hydroxylation is 2. The maximum atomic E-state index is 11.8. The minimum atomic E-state index is 0.135. The second-order valence-electron chi connectivity index (χ2n) is 4.98. The summed E-state index contributed by atoms with van der Waals surface area (Å²) >= 11 is 5.74. The summed E-state index contributed by atoms with van der Waals surface area (Å²) in [5, 5.41) is 3.01. The molecular weight excluding hydrogens is 258 g/mol. The summed E-state index contributed by atoms with van der Waals surface area (Å²) in [6.07, 6.45) is 3.40. The van der Waals surface area contributed by atoms with E-state index in [1.54, 1.807) is 0 Å². The van der Waals surface area contributed by atoms with Gasteiger partial charge in [-0.25, -0.2) is 0 Å². The van der Waals surface area contributed by atoms with Crippen molar-refractivity contribution >= 4 is 17.5 Å². The van der Waals surface area contributed by atoms with E-state index in [4.69, 9.17) is 11.6 Å². The molecule has 0 aromatic heterocycles. The Morgan fingerprint density at radius 1 is 1.37 bits per heavy atom. The molecule has 2 nitrogen and oxygen atoms in total. The van der Waals surface area contributed by atoms with Gasteiger partial charge in [-0.05, 0) is 36.8 Å². The molecule has 0 bridgehead atoms. The van der Waals surface area contributed by atoms with Crippen LogP contribution in [-0.4, -0.2) is 18.3 Å². The van der Waals surface area contributed by atoms with Crippen LogP contribution in [0.15, 0.2) is 24.3 Å². The van der Waals surface area contributed by atoms with E-state index >= 15 is 0 Å². The highest BCUT2D eigenvalue weighted by atomic mass is 35.5. The summed E-state index contributed by atoms with van der Waals surface area (Å²) in [6, 6.07) is 8.22. The molecule has 0 radical (unpaired) electrons. The number of carbonyl (C=O) groups excluding carboxylic acids is 1. The quantitative estimate of drug-likeness (QED) is 0.723. The van der Waals surface area contributed by atoms with Crippen LogP contribution in [0.4, 0.5) is 0 Å². The minimum Gasteiger partial charge on any atom is -0.356 e. The Hall–Kier alpha value is -1.02. The molecule has 0 heterocycles. The Kier molecular flexibility index (Phi) is 7.57. The van der Waals surface area contributed by atoms with Crippen molar-refractivity contribution in [2.45, 2.75) is 39.5 Å². The third-order valence-corrected chi connectivity index (χ3v) is 3.78. The third kappa shape index (κ3) is 6.11. The van der Waals surface area contributed by atoms with Crippen LogP contribution in [0.3, 0.4) is 0 Å². The summed E-state index contributed by atoms with van der Waals surface area (Å²) in [5.41, 5.74) is 2.51. The van der Waals surface area contributed by atoms with Gasteiger partial charge in [0.25, 0.3) is 0 Å². The van der Waals surface area contributed by atoms with Crippen molar-refractivity contribution in [2.24, 2.45) is 5.92 Å². The molecule has 1 aromatic rings. The number of rotatable bonds is 8. The first-order valence-electron chi connectivity index (χ1n) is 7.04. The number of halogens is 1. The molecule has 0 aliphatic carbocycles. The van der Waals surface area contributed by atoms with Crippen molar-refractivity contribution < 1.29 is 4.79 Å². The molecular formula is C16H24ClNO. The lowest BCUT2D eigenvalue weighted by atomic mass is 10.0. The number of amides is 1. The highest BCUT2D eigenvalue weighted by Gasteiger charge is 2.08. The maximum absolute atomic E-state index is 11.8. The van der Waals surface area contributed by atoms with Crippen molar-refractivity contribution in [2.75, 3.05) is 12.4 Å². The van der Waals surface area contributed by atoms with Crippen molar-refractivity contribution in [1.82, 2.24) is 5.32 Å². The molecule has 1 amide bonds. The predicted octanol–water partition coefficient (Wildman–Crippen LogP) is 3.70. The largest absolute Gasteiger partial charge is 0.356 e. The van der Waals surface area contributed by atoms with E-state index in [9.17, 15) is 4.79 Å². The summed E-state index contributed by atoms with van der Waals surface area (Å²) in [4.78, 5) is 11.8. The number of carbonyl (C=O) groups is 1. The lowest BCUT2D eigenvalue weighted by molar-refractivity contribution is -0.121. The number of hydrogen-bond donors (Lipinski definition) is 1. The fraction of sp³-hybridized carbons (Fsp3) is 0.562. The zero-order valence-corrected chi connectivity index (χ0v) is 12.7. The zero-order valence-electron chi connectivity index (χ0n) is 11.9. The lowest BCUT2D eigenvalue weighted by Gasteiger charge is -2.14. The van der Waals surface area contributed by atoms with E-state index in [1.807, 2.05) is 12.1 Å². The van der Waals surface area contributed by atoms with Gasteiger partial charge in [-0.1, -0.05) is 37.6 Å². The molecule has 0 aliphatic heterocycles. The topological polar surface area (TPSA) is 29.1 Å². The van der Waals surface area contributed by atoms with Crippen molar-refractivity contribution in [3.8, 4) is 0 Å². The van der Waals surface area contributed by atoms with Gasteiger partial charge in [0.2, 0.25) is 5.91 Å². The van der Waals surface area contributed by atoms with Crippen LogP contribution in [0, 0.1) is 12.8 Å². The van der Waals surface area contributed by atoms with Crippen molar-refractivity contribution in [1.29, 1.82) is 0 Å². The second-order valence-corrected chi connectivity index (χ2v) is 5.36. The Morgan fingerprint density at radius 2 is 2.11 bits per heavy atom. The lowest BCUT2D eigenvalue weighted by Crippen LogP contribution is -2.29. The van der Waals surface area contributed by atoms with Gasteiger partial charge in [0.1, 0.15) is 0 Å². The van der Waals surface area contributed by atoms with Crippen LogP contribution in [0.2, 0.25) is 0 Å². The Bertz CT molecular complexity index is 392. The highest BCUT2D eigenvalue weighted by Crippen LogP contribution is 2.10. The fourth-order valence-corrected chi connectivity index (χ4v) is 2.40. The van der Waals surface area contributed by atoms with E-state index in [-0.39, 0.29) is 5.91 Å². The number of benzene rings is 1. The Morgan fingerprint density at radius 3 is 2.74 bits per heavy atom. The van der Waals surface area contributed by atoms with Crippen LogP contribution in [-0.2, 0) is 11.2 Å². The molecule has 0 saturated carbocycles. The molecule has 1 rings (SSSR count). The second kappa shape index (κ2) is 8.98. The number of alkyl halides is 1. The van der Waals surface area contributed by atoms with Gasteiger partial charge >= 0.3 is 0 Å². The first-order valence-corrected chi connectivity index (χ1v) is 7.58.